The summed E-state index contributed by atoms with van der Waals surface area (Å²) in [6.07, 6.45) is 0. The van der Waals surface area contributed by atoms with Crippen LogP contribution in [0.4, 0.5) is 0 Å². The highest BCUT2D eigenvalue weighted by atomic mass is 32.2. The summed E-state index contributed by atoms with van der Waals surface area (Å²) in [5.74, 6) is 0.156. The van der Waals surface area contributed by atoms with Gasteiger partial charge in [-0.2, -0.15) is 0 Å². The van der Waals surface area contributed by atoms with Gasteiger partial charge in [0.05, 0.1) is 17.9 Å². The van der Waals surface area contributed by atoms with E-state index in [1.807, 2.05) is 38.1 Å². The van der Waals surface area contributed by atoms with Crippen LogP contribution in [0.25, 0.3) is 11.1 Å². The van der Waals surface area contributed by atoms with E-state index in [-0.39, 0.29) is 18.3 Å². The highest BCUT2D eigenvalue weighted by Crippen LogP contribution is 2.24. The maximum atomic E-state index is 12.1. The molecule has 0 radical (unpaired) electrons. The molecule has 0 atom stereocenters. The molecular formula is C14H18N2O3S. The lowest BCUT2D eigenvalue weighted by atomic mass is 10.1. The molecule has 1 amide bonds. The molecule has 2 rings (SSSR count). The molecule has 20 heavy (non-hydrogen) atoms. The van der Waals surface area contributed by atoms with Gasteiger partial charge in [-0.3, -0.25) is 4.79 Å². The van der Waals surface area contributed by atoms with E-state index in [0.717, 1.165) is 5.52 Å². The summed E-state index contributed by atoms with van der Waals surface area (Å²) in [7, 11) is 1.69. The van der Waals surface area contributed by atoms with Crippen LogP contribution in [0, 0.1) is 0 Å². The number of aliphatic hydroxyl groups excluding tert-OH is 1. The first-order chi connectivity index (χ1) is 9.44. The number of oxazole rings is 1. The first-order valence-electron chi connectivity index (χ1n) is 6.30. The molecule has 1 heterocycles. The number of nitrogens with zero attached hydrogens (tertiary/aromatic N) is 2. The molecule has 2 aromatic rings. The van der Waals surface area contributed by atoms with Crippen molar-refractivity contribution in [3.63, 3.8) is 0 Å². The van der Waals surface area contributed by atoms with Crippen LogP contribution in [0.5, 0.6) is 0 Å². The molecule has 0 aliphatic carbocycles. The number of carbonyl (C=O) groups excluding carboxylic acids is 1. The predicted octanol–water partition coefficient (Wildman–Crippen LogP) is 2.15. The van der Waals surface area contributed by atoms with Gasteiger partial charge in [0.2, 0.25) is 5.91 Å². The molecule has 0 bridgehead atoms. The zero-order valence-corrected chi connectivity index (χ0v) is 12.6. The molecule has 6 heteroatoms. The van der Waals surface area contributed by atoms with Crippen LogP contribution in [0.2, 0.25) is 0 Å². The number of aliphatic hydroxyl groups is 1. The Morgan fingerprint density at radius 1 is 1.45 bits per heavy atom. The van der Waals surface area contributed by atoms with Crippen molar-refractivity contribution < 1.29 is 14.3 Å². The number of carbonyl (C=O) groups is 1. The second-order valence-electron chi connectivity index (χ2n) is 5.16. The van der Waals surface area contributed by atoms with Crippen molar-refractivity contribution in [1.29, 1.82) is 0 Å². The Bertz CT molecular complexity index is 576. The van der Waals surface area contributed by atoms with E-state index in [2.05, 4.69) is 4.98 Å². The quantitative estimate of drug-likeness (QED) is 0.856. The maximum absolute atomic E-state index is 12.1. The Morgan fingerprint density at radius 3 is 2.80 bits per heavy atom. The summed E-state index contributed by atoms with van der Waals surface area (Å²) >= 11 is 1.26. The van der Waals surface area contributed by atoms with E-state index in [9.17, 15) is 9.90 Å². The van der Waals surface area contributed by atoms with Gasteiger partial charge in [-0.25, -0.2) is 4.98 Å². The summed E-state index contributed by atoms with van der Waals surface area (Å²) in [5.41, 5.74) is 0.928. The Labute approximate surface area is 122 Å². The van der Waals surface area contributed by atoms with Gasteiger partial charge in [-0.15, -0.1) is 0 Å². The summed E-state index contributed by atoms with van der Waals surface area (Å²) in [6.45, 7) is 3.55. The van der Waals surface area contributed by atoms with Crippen molar-refractivity contribution in [2.75, 3.05) is 19.4 Å². The molecule has 0 spiro atoms. The monoisotopic (exact) mass is 294 g/mol. The molecule has 0 saturated heterocycles. The van der Waals surface area contributed by atoms with Crippen molar-refractivity contribution in [3.8, 4) is 0 Å². The second-order valence-corrected chi connectivity index (χ2v) is 6.09. The number of benzene rings is 1. The average Bonchev–Trinajstić information content (AvgIpc) is 2.86. The van der Waals surface area contributed by atoms with Gasteiger partial charge in [0, 0.05) is 7.05 Å². The number of amides is 1. The topological polar surface area (TPSA) is 66.6 Å². The number of fused-ring (bicyclic) bond motifs is 1. The molecule has 1 aromatic heterocycles. The molecule has 0 aliphatic rings. The normalized spacial score (nSPS) is 11.8. The number of para-hydroxylation sites is 2. The summed E-state index contributed by atoms with van der Waals surface area (Å²) in [5, 5.41) is 9.74. The Kier molecular flexibility index (Phi) is 4.35. The van der Waals surface area contributed by atoms with Gasteiger partial charge in [-0.05, 0) is 26.0 Å². The van der Waals surface area contributed by atoms with Crippen LogP contribution in [0.3, 0.4) is 0 Å². The molecule has 1 aromatic carbocycles. The molecule has 1 N–H and O–H groups in total. The van der Waals surface area contributed by atoms with E-state index in [1.54, 1.807) is 11.9 Å². The lowest BCUT2D eigenvalue weighted by Crippen LogP contribution is -2.48. The summed E-state index contributed by atoms with van der Waals surface area (Å²) in [6, 6.07) is 7.48. The summed E-state index contributed by atoms with van der Waals surface area (Å²) in [4.78, 5) is 17.9. The van der Waals surface area contributed by atoms with Crippen molar-refractivity contribution in [2.45, 2.75) is 24.6 Å². The highest BCUT2D eigenvalue weighted by Gasteiger charge is 2.26. The largest absolute Gasteiger partial charge is 0.431 e. The summed E-state index contributed by atoms with van der Waals surface area (Å²) < 4.78 is 5.54. The third-order valence-electron chi connectivity index (χ3n) is 3.26. The first kappa shape index (κ1) is 14.9. The minimum absolute atomic E-state index is 0.0729. The Hall–Kier alpha value is -1.53. The van der Waals surface area contributed by atoms with E-state index in [4.69, 9.17) is 4.42 Å². The lowest BCUT2D eigenvalue weighted by Gasteiger charge is -2.33. The van der Waals surface area contributed by atoms with Crippen molar-refractivity contribution in [2.24, 2.45) is 0 Å². The SMILES string of the molecule is CN(C(=O)CSc1nc2ccccc2o1)C(C)(C)CO. The van der Waals surface area contributed by atoms with Crippen molar-refractivity contribution in [1.82, 2.24) is 9.88 Å². The first-order valence-corrected chi connectivity index (χ1v) is 7.28. The van der Waals surface area contributed by atoms with Crippen LogP contribution in [-0.4, -0.2) is 45.8 Å². The van der Waals surface area contributed by atoms with Crippen LogP contribution < -0.4 is 0 Å². The fourth-order valence-corrected chi connectivity index (χ4v) is 2.33. The number of rotatable bonds is 5. The van der Waals surface area contributed by atoms with Gasteiger partial charge in [0.25, 0.3) is 5.22 Å². The predicted molar refractivity (Wildman–Crippen MR) is 78.7 cm³/mol. The number of thioether (sulfide) groups is 1. The number of aromatic nitrogens is 1. The zero-order chi connectivity index (χ0) is 14.8. The fraction of sp³-hybridized carbons (Fsp3) is 0.429. The molecule has 5 nitrogen and oxygen atoms in total. The fourth-order valence-electron chi connectivity index (χ4n) is 1.58. The third-order valence-corrected chi connectivity index (χ3v) is 4.08. The molecule has 0 fully saturated rings. The van der Waals surface area contributed by atoms with E-state index in [0.29, 0.717) is 10.8 Å². The van der Waals surface area contributed by atoms with Gasteiger partial charge < -0.3 is 14.4 Å². The van der Waals surface area contributed by atoms with Crippen molar-refractivity contribution >= 4 is 28.8 Å². The van der Waals surface area contributed by atoms with Gasteiger partial charge >= 0.3 is 0 Å². The smallest absolute Gasteiger partial charge is 0.257 e. The number of hydrogen-bond acceptors (Lipinski definition) is 5. The second kappa shape index (κ2) is 5.85. The highest BCUT2D eigenvalue weighted by molar-refractivity contribution is 7.99. The van der Waals surface area contributed by atoms with Gasteiger partial charge in [-0.1, -0.05) is 23.9 Å². The van der Waals surface area contributed by atoms with Crippen LogP contribution in [-0.2, 0) is 4.79 Å². The lowest BCUT2D eigenvalue weighted by molar-refractivity contribution is -0.133. The van der Waals surface area contributed by atoms with E-state index < -0.39 is 5.54 Å². The minimum Gasteiger partial charge on any atom is -0.431 e. The maximum Gasteiger partial charge on any atom is 0.257 e. The molecule has 0 saturated carbocycles. The van der Waals surface area contributed by atoms with Crippen LogP contribution in [0.1, 0.15) is 13.8 Å². The van der Waals surface area contributed by atoms with Crippen molar-refractivity contribution in [3.05, 3.63) is 24.3 Å². The molecule has 0 unspecified atom stereocenters. The van der Waals surface area contributed by atoms with Gasteiger partial charge in [0.15, 0.2) is 5.58 Å². The third kappa shape index (κ3) is 3.13. The zero-order valence-electron chi connectivity index (χ0n) is 11.8. The number of hydrogen-bond donors (Lipinski definition) is 1. The standard InChI is InChI=1S/C14H18N2O3S/c1-14(2,9-17)16(3)12(18)8-20-13-15-10-6-4-5-7-11(10)19-13/h4-7,17H,8-9H2,1-3H3. The van der Waals surface area contributed by atoms with Gasteiger partial charge in [0.1, 0.15) is 5.52 Å². The number of likely N-dealkylation sites (N-methyl/N-ethyl adjacent to an activating group) is 1. The van der Waals surface area contributed by atoms with Crippen LogP contribution >= 0.6 is 11.8 Å². The Morgan fingerprint density at radius 2 is 2.15 bits per heavy atom. The van der Waals surface area contributed by atoms with E-state index in [1.165, 1.54) is 11.8 Å². The van der Waals surface area contributed by atoms with E-state index >= 15 is 0 Å². The molecule has 0 aliphatic heterocycles. The van der Waals surface area contributed by atoms with Crippen LogP contribution in [0.15, 0.2) is 33.9 Å². The molecule has 108 valence electrons. The molecular weight excluding hydrogens is 276 g/mol. The minimum atomic E-state index is -0.570. The Balaban J connectivity index is 1.99. The average molecular weight is 294 g/mol.